The Morgan fingerprint density at radius 3 is 2.63 bits per heavy atom. The molecule has 27 heavy (non-hydrogen) atoms. The summed E-state index contributed by atoms with van der Waals surface area (Å²) in [6.45, 7) is 0. The minimum absolute atomic E-state index is 0. The number of carbonyl (C=O) groups is 1. The number of nitrogens with one attached hydrogen (secondary N) is 1. The largest absolute Gasteiger partial charge is 0.478 e. The second-order valence-electron chi connectivity index (χ2n) is 5.57. The molecular formula is C19H13Cl2N3O2S. The van der Waals surface area contributed by atoms with Gasteiger partial charge in [0.1, 0.15) is 17.0 Å². The number of aromatic carboxylic acids is 1. The maximum Gasteiger partial charge on any atom is 0.335 e. The molecule has 0 unspecified atom stereocenters. The number of nitrogens with zero attached hydrogens (tertiary/aromatic N) is 2. The Kier molecular flexibility index (Phi) is 5.60. The molecule has 4 aromatic rings. The first-order valence-corrected chi connectivity index (χ1v) is 8.96. The van der Waals surface area contributed by atoms with Crippen molar-refractivity contribution >= 4 is 63.0 Å². The van der Waals surface area contributed by atoms with Crippen LogP contribution in [0, 0.1) is 0 Å². The van der Waals surface area contributed by atoms with Crippen LogP contribution in [0.4, 0.5) is 11.5 Å². The van der Waals surface area contributed by atoms with Crippen molar-refractivity contribution in [2.24, 2.45) is 0 Å². The standard InChI is InChI=1S/C19H12ClN3O2S.ClH/c20-13-6-4-11(5-7-13)15-9-26-18-16(15)17(21-10-22-18)23-14-3-1-2-12(8-14)19(24)25;/h1-10H,(H,24,25)(H,21,22,23);1H. The first-order valence-electron chi connectivity index (χ1n) is 7.70. The van der Waals surface area contributed by atoms with Crippen LogP contribution in [0.5, 0.6) is 0 Å². The Balaban J connectivity index is 0.00000210. The molecule has 4 rings (SSSR count). The van der Waals surface area contributed by atoms with E-state index in [2.05, 4.69) is 15.3 Å². The summed E-state index contributed by atoms with van der Waals surface area (Å²) < 4.78 is 0. The molecule has 0 saturated carbocycles. The zero-order valence-corrected chi connectivity index (χ0v) is 16.1. The van der Waals surface area contributed by atoms with Gasteiger partial charge >= 0.3 is 5.97 Å². The highest BCUT2D eigenvalue weighted by atomic mass is 35.5. The average molecular weight is 418 g/mol. The van der Waals surface area contributed by atoms with E-state index < -0.39 is 5.97 Å². The Morgan fingerprint density at radius 2 is 1.89 bits per heavy atom. The van der Waals surface area contributed by atoms with Gasteiger partial charge in [-0.2, -0.15) is 0 Å². The first-order chi connectivity index (χ1) is 12.6. The lowest BCUT2D eigenvalue weighted by atomic mass is 10.1. The van der Waals surface area contributed by atoms with Crippen LogP contribution in [0.2, 0.25) is 5.02 Å². The molecule has 0 radical (unpaired) electrons. The van der Waals surface area contributed by atoms with Gasteiger partial charge in [0.15, 0.2) is 0 Å². The molecule has 0 aliphatic rings. The Labute approximate surface area is 170 Å². The van der Waals surface area contributed by atoms with E-state index in [1.54, 1.807) is 24.3 Å². The van der Waals surface area contributed by atoms with Crippen molar-refractivity contribution in [3.8, 4) is 11.1 Å². The van der Waals surface area contributed by atoms with Crippen molar-refractivity contribution in [3.05, 3.63) is 70.8 Å². The molecule has 5 nitrogen and oxygen atoms in total. The third kappa shape index (κ3) is 3.88. The zero-order chi connectivity index (χ0) is 18.1. The lowest BCUT2D eigenvalue weighted by molar-refractivity contribution is 0.0697. The summed E-state index contributed by atoms with van der Waals surface area (Å²) in [5, 5.41) is 16.0. The number of rotatable bonds is 4. The minimum atomic E-state index is -0.973. The van der Waals surface area contributed by atoms with Crippen LogP contribution < -0.4 is 5.32 Å². The number of hydrogen-bond acceptors (Lipinski definition) is 5. The smallest absolute Gasteiger partial charge is 0.335 e. The number of hydrogen-bond donors (Lipinski definition) is 2. The van der Waals surface area contributed by atoms with E-state index in [0.717, 1.165) is 21.3 Å². The van der Waals surface area contributed by atoms with Gasteiger partial charge in [0.25, 0.3) is 0 Å². The van der Waals surface area contributed by atoms with Gasteiger partial charge < -0.3 is 10.4 Å². The van der Waals surface area contributed by atoms with E-state index in [0.29, 0.717) is 16.5 Å². The average Bonchev–Trinajstić information content (AvgIpc) is 3.08. The topological polar surface area (TPSA) is 75.1 Å². The molecule has 8 heteroatoms. The van der Waals surface area contributed by atoms with Crippen molar-refractivity contribution in [2.75, 3.05) is 5.32 Å². The number of carboxylic acids is 1. The predicted octanol–water partition coefficient (Wildman–Crippen LogP) is 5.88. The Hall–Kier alpha value is -2.67. The summed E-state index contributed by atoms with van der Waals surface area (Å²) in [6, 6.07) is 14.2. The summed E-state index contributed by atoms with van der Waals surface area (Å²) in [5.74, 6) is -0.345. The van der Waals surface area contributed by atoms with Crippen molar-refractivity contribution in [2.45, 2.75) is 0 Å². The second-order valence-corrected chi connectivity index (χ2v) is 6.86. The minimum Gasteiger partial charge on any atom is -0.478 e. The molecule has 2 heterocycles. The molecule has 0 aliphatic heterocycles. The van der Waals surface area contributed by atoms with Gasteiger partial charge in [-0.15, -0.1) is 23.7 Å². The molecule has 0 atom stereocenters. The van der Waals surface area contributed by atoms with Crippen LogP contribution in [0.15, 0.2) is 60.2 Å². The summed E-state index contributed by atoms with van der Waals surface area (Å²) in [5.41, 5.74) is 2.87. The van der Waals surface area contributed by atoms with Crippen molar-refractivity contribution < 1.29 is 9.90 Å². The monoisotopic (exact) mass is 417 g/mol. The zero-order valence-electron chi connectivity index (χ0n) is 13.7. The predicted molar refractivity (Wildman–Crippen MR) is 112 cm³/mol. The molecular weight excluding hydrogens is 405 g/mol. The van der Waals surface area contributed by atoms with Crippen LogP contribution in [-0.4, -0.2) is 21.0 Å². The van der Waals surface area contributed by atoms with Gasteiger partial charge in [0.05, 0.1) is 10.9 Å². The maximum absolute atomic E-state index is 11.2. The van der Waals surface area contributed by atoms with Gasteiger partial charge in [-0.3, -0.25) is 0 Å². The molecule has 136 valence electrons. The first kappa shape index (κ1) is 19.1. The third-order valence-corrected chi connectivity index (χ3v) is 5.04. The normalized spacial score (nSPS) is 10.4. The number of anilines is 2. The summed E-state index contributed by atoms with van der Waals surface area (Å²) in [7, 11) is 0. The van der Waals surface area contributed by atoms with Crippen LogP contribution in [0.3, 0.4) is 0 Å². The number of aromatic nitrogens is 2. The van der Waals surface area contributed by atoms with E-state index >= 15 is 0 Å². The molecule has 0 bridgehead atoms. The van der Waals surface area contributed by atoms with E-state index in [1.165, 1.54) is 17.7 Å². The van der Waals surface area contributed by atoms with Crippen LogP contribution in [-0.2, 0) is 0 Å². The molecule has 0 fully saturated rings. The number of fused-ring (bicyclic) bond motifs is 1. The van der Waals surface area contributed by atoms with E-state index in [9.17, 15) is 4.79 Å². The molecule has 2 N–H and O–H groups in total. The summed E-state index contributed by atoms with van der Waals surface area (Å²) >= 11 is 7.52. The molecule has 2 aromatic heterocycles. The van der Waals surface area contributed by atoms with Gasteiger partial charge in [0.2, 0.25) is 0 Å². The second kappa shape index (κ2) is 7.92. The molecule has 0 saturated heterocycles. The Bertz CT molecular complexity index is 1110. The van der Waals surface area contributed by atoms with Gasteiger partial charge in [0, 0.05) is 21.7 Å². The number of halogens is 2. The number of thiophene rings is 1. The van der Waals surface area contributed by atoms with Crippen LogP contribution in [0.1, 0.15) is 10.4 Å². The fourth-order valence-electron chi connectivity index (χ4n) is 2.68. The van der Waals surface area contributed by atoms with Gasteiger partial charge in [-0.05, 0) is 35.9 Å². The highest BCUT2D eigenvalue weighted by Crippen LogP contribution is 2.37. The van der Waals surface area contributed by atoms with E-state index in [-0.39, 0.29) is 18.0 Å². The molecule has 0 amide bonds. The third-order valence-electron chi connectivity index (χ3n) is 3.90. The van der Waals surface area contributed by atoms with Crippen LogP contribution in [0.25, 0.3) is 21.3 Å². The van der Waals surface area contributed by atoms with E-state index in [4.69, 9.17) is 16.7 Å². The van der Waals surface area contributed by atoms with Gasteiger partial charge in [-0.25, -0.2) is 14.8 Å². The Morgan fingerprint density at radius 1 is 1.11 bits per heavy atom. The fraction of sp³-hybridized carbons (Fsp3) is 0. The molecule has 0 aliphatic carbocycles. The lowest BCUT2D eigenvalue weighted by Gasteiger charge is -2.09. The van der Waals surface area contributed by atoms with Crippen molar-refractivity contribution in [1.82, 2.24) is 9.97 Å². The number of carboxylic acid groups (broad SMARTS) is 1. The quantitative estimate of drug-likeness (QED) is 0.433. The SMILES string of the molecule is Cl.O=C(O)c1cccc(Nc2ncnc3scc(-c4ccc(Cl)cc4)c23)c1. The van der Waals surface area contributed by atoms with Crippen molar-refractivity contribution in [1.29, 1.82) is 0 Å². The molecule has 2 aromatic carbocycles. The van der Waals surface area contributed by atoms with Gasteiger partial charge in [-0.1, -0.05) is 29.8 Å². The lowest BCUT2D eigenvalue weighted by Crippen LogP contribution is -1.99. The highest BCUT2D eigenvalue weighted by Gasteiger charge is 2.14. The summed E-state index contributed by atoms with van der Waals surface area (Å²) in [6.07, 6.45) is 1.49. The maximum atomic E-state index is 11.2. The number of benzene rings is 2. The molecule has 0 spiro atoms. The highest BCUT2D eigenvalue weighted by molar-refractivity contribution is 7.17. The van der Waals surface area contributed by atoms with Crippen LogP contribution >= 0.6 is 35.3 Å². The van der Waals surface area contributed by atoms with E-state index in [1.807, 2.05) is 29.6 Å². The summed E-state index contributed by atoms with van der Waals surface area (Å²) in [4.78, 5) is 20.7. The fourth-order valence-corrected chi connectivity index (χ4v) is 3.72. The van der Waals surface area contributed by atoms with Crippen molar-refractivity contribution in [3.63, 3.8) is 0 Å².